The lowest BCUT2D eigenvalue weighted by Crippen LogP contribution is -2.56. The van der Waals surface area contributed by atoms with E-state index in [1.807, 2.05) is 0 Å². The number of aliphatic hydroxyl groups is 2. The first-order valence-corrected chi connectivity index (χ1v) is 4.58. The van der Waals surface area contributed by atoms with Gasteiger partial charge in [-0.15, -0.1) is 0 Å². The molecule has 0 bridgehead atoms. The molecule has 0 atom stereocenters. The van der Waals surface area contributed by atoms with Gasteiger partial charge in [0, 0.05) is 12.0 Å². The number of hydrogen-bond donors (Lipinski definition) is 3. The smallest absolute Gasteiger partial charge is 0.0633 e. The van der Waals surface area contributed by atoms with Gasteiger partial charge >= 0.3 is 0 Å². The minimum absolute atomic E-state index is 0.0551. The summed E-state index contributed by atoms with van der Waals surface area (Å²) in [5, 5.41) is 21.2. The average molecular weight is 189 g/mol. The maximum absolute atomic E-state index is 9.02. The van der Waals surface area contributed by atoms with Crippen LogP contribution < -0.4 is 5.32 Å². The fourth-order valence-corrected chi connectivity index (χ4v) is 1.14. The first-order chi connectivity index (χ1) is 6.04. The van der Waals surface area contributed by atoms with E-state index in [1.165, 1.54) is 0 Å². The van der Waals surface area contributed by atoms with Crippen LogP contribution in [0.15, 0.2) is 0 Å². The summed E-state index contributed by atoms with van der Waals surface area (Å²) in [6.45, 7) is 6.10. The molecule has 1 aliphatic heterocycles. The summed E-state index contributed by atoms with van der Waals surface area (Å²) in [5.41, 5.74) is -0.399. The standard InChI is InChI=1S/C9H19NO3/c1-8(6-13-7-8)3-10-9(2,4-11)5-12/h10-12H,3-7H2,1-2H3. The predicted octanol–water partition coefficient (Wildman–Crippen LogP) is -0.644. The van der Waals surface area contributed by atoms with Crippen molar-refractivity contribution in [3.8, 4) is 0 Å². The second-order valence-corrected chi connectivity index (χ2v) is 4.53. The summed E-state index contributed by atoms with van der Waals surface area (Å²) in [7, 11) is 0. The van der Waals surface area contributed by atoms with E-state index in [4.69, 9.17) is 14.9 Å². The van der Waals surface area contributed by atoms with E-state index >= 15 is 0 Å². The summed E-state index contributed by atoms with van der Waals surface area (Å²) >= 11 is 0. The van der Waals surface area contributed by atoms with Crippen LogP contribution in [0, 0.1) is 5.41 Å². The van der Waals surface area contributed by atoms with Crippen molar-refractivity contribution in [1.29, 1.82) is 0 Å². The Kier molecular flexibility index (Phi) is 3.29. The van der Waals surface area contributed by atoms with Gasteiger partial charge in [-0.3, -0.25) is 0 Å². The van der Waals surface area contributed by atoms with Gasteiger partial charge in [-0.1, -0.05) is 6.92 Å². The van der Waals surface area contributed by atoms with Crippen molar-refractivity contribution in [2.45, 2.75) is 19.4 Å². The van der Waals surface area contributed by atoms with Crippen molar-refractivity contribution in [1.82, 2.24) is 5.32 Å². The second-order valence-electron chi connectivity index (χ2n) is 4.53. The minimum Gasteiger partial charge on any atom is -0.394 e. The molecule has 13 heavy (non-hydrogen) atoms. The second kappa shape index (κ2) is 3.92. The molecule has 0 aromatic carbocycles. The van der Waals surface area contributed by atoms with Crippen molar-refractivity contribution >= 4 is 0 Å². The normalized spacial score (nSPS) is 21.2. The van der Waals surface area contributed by atoms with Crippen molar-refractivity contribution < 1.29 is 14.9 Å². The third kappa shape index (κ3) is 2.64. The van der Waals surface area contributed by atoms with Crippen LogP contribution in [-0.4, -0.2) is 48.7 Å². The third-order valence-corrected chi connectivity index (χ3v) is 2.54. The van der Waals surface area contributed by atoms with E-state index in [0.29, 0.717) is 0 Å². The van der Waals surface area contributed by atoms with E-state index in [-0.39, 0.29) is 18.6 Å². The van der Waals surface area contributed by atoms with E-state index in [1.54, 1.807) is 6.92 Å². The summed E-state index contributed by atoms with van der Waals surface area (Å²) < 4.78 is 5.11. The van der Waals surface area contributed by atoms with Crippen molar-refractivity contribution in [3.63, 3.8) is 0 Å². The largest absolute Gasteiger partial charge is 0.394 e. The quantitative estimate of drug-likeness (QED) is 0.538. The molecule has 1 saturated heterocycles. The minimum atomic E-state index is -0.571. The van der Waals surface area contributed by atoms with Crippen molar-refractivity contribution in [3.05, 3.63) is 0 Å². The molecule has 0 amide bonds. The molecule has 0 aromatic heterocycles. The van der Waals surface area contributed by atoms with E-state index in [9.17, 15) is 0 Å². The first-order valence-electron chi connectivity index (χ1n) is 4.58. The van der Waals surface area contributed by atoms with Crippen LogP contribution in [-0.2, 0) is 4.74 Å². The molecular formula is C9H19NO3. The first kappa shape index (κ1) is 10.9. The Morgan fingerprint density at radius 2 is 1.92 bits per heavy atom. The van der Waals surface area contributed by atoms with E-state index in [0.717, 1.165) is 19.8 Å². The molecule has 3 N–H and O–H groups in total. The molecule has 78 valence electrons. The topological polar surface area (TPSA) is 61.7 Å². The SMILES string of the molecule is CC1(CNC(C)(CO)CO)COC1. The highest BCUT2D eigenvalue weighted by molar-refractivity contribution is 4.89. The van der Waals surface area contributed by atoms with Gasteiger partial charge < -0.3 is 20.3 Å². The fraction of sp³-hybridized carbons (Fsp3) is 1.00. The monoisotopic (exact) mass is 189 g/mol. The van der Waals surface area contributed by atoms with E-state index in [2.05, 4.69) is 12.2 Å². The van der Waals surface area contributed by atoms with E-state index < -0.39 is 5.54 Å². The number of rotatable bonds is 5. The Morgan fingerprint density at radius 3 is 2.23 bits per heavy atom. The maximum Gasteiger partial charge on any atom is 0.0633 e. The lowest BCUT2D eigenvalue weighted by molar-refractivity contribution is -0.104. The molecule has 0 saturated carbocycles. The Labute approximate surface area is 78.9 Å². The van der Waals surface area contributed by atoms with Gasteiger partial charge in [0.2, 0.25) is 0 Å². The third-order valence-electron chi connectivity index (χ3n) is 2.54. The predicted molar refractivity (Wildman–Crippen MR) is 49.5 cm³/mol. The lowest BCUT2D eigenvalue weighted by Gasteiger charge is -2.41. The molecule has 0 radical (unpaired) electrons. The summed E-state index contributed by atoms with van der Waals surface area (Å²) in [6, 6.07) is 0. The molecule has 0 unspecified atom stereocenters. The number of hydrogen-bond acceptors (Lipinski definition) is 4. The average Bonchev–Trinajstić information content (AvgIpc) is 2.11. The van der Waals surface area contributed by atoms with Gasteiger partial charge in [0.05, 0.1) is 32.0 Å². The fourth-order valence-electron chi connectivity index (χ4n) is 1.14. The van der Waals surface area contributed by atoms with Crippen molar-refractivity contribution in [2.24, 2.45) is 5.41 Å². The molecule has 1 aliphatic rings. The van der Waals surface area contributed by atoms with Gasteiger partial charge in [-0.2, -0.15) is 0 Å². The zero-order valence-electron chi connectivity index (χ0n) is 8.34. The van der Waals surface area contributed by atoms with Crippen LogP contribution in [0.2, 0.25) is 0 Å². The highest BCUT2D eigenvalue weighted by Crippen LogP contribution is 2.25. The Bertz CT molecular complexity index is 164. The lowest BCUT2D eigenvalue weighted by atomic mass is 9.87. The molecule has 4 nitrogen and oxygen atoms in total. The highest BCUT2D eigenvalue weighted by atomic mass is 16.5. The van der Waals surface area contributed by atoms with Crippen LogP contribution in [0.4, 0.5) is 0 Å². The Morgan fingerprint density at radius 1 is 1.38 bits per heavy atom. The molecule has 0 aliphatic carbocycles. The van der Waals surface area contributed by atoms with Crippen LogP contribution in [0.5, 0.6) is 0 Å². The molecule has 1 heterocycles. The molecule has 1 fully saturated rings. The Hall–Kier alpha value is -0.160. The molecular weight excluding hydrogens is 170 g/mol. The zero-order valence-corrected chi connectivity index (χ0v) is 8.34. The molecule has 1 rings (SSSR count). The highest BCUT2D eigenvalue weighted by Gasteiger charge is 2.35. The van der Waals surface area contributed by atoms with Gasteiger partial charge in [0.1, 0.15) is 0 Å². The van der Waals surface area contributed by atoms with Gasteiger partial charge in [-0.05, 0) is 6.92 Å². The summed E-state index contributed by atoms with van der Waals surface area (Å²) in [5.74, 6) is 0. The summed E-state index contributed by atoms with van der Waals surface area (Å²) in [4.78, 5) is 0. The van der Waals surface area contributed by atoms with Crippen LogP contribution in [0.3, 0.4) is 0 Å². The number of nitrogens with one attached hydrogen (secondary N) is 1. The van der Waals surface area contributed by atoms with Crippen molar-refractivity contribution in [2.75, 3.05) is 33.0 Å². The van der Waals surface area contributed by atoms with Crippen LogP contribution in [0.1, 0.15) is 13.8 Å². The van der Waals surface area contributed by atoms with Gasteiger partial charge in [-0.25, -0.2) is 0 Å². The number of aliphatic hydroxyl groups excluding tert-OH is 2. The molecule has 4 heteroatoms. The van der Waals surface area contributed by atoms with Gasteiger partial charge in [0.25, 0.3) is 0 Å². The molecule has 0 spiro atoms. The van der Waals surface area contributed by atoms with Crippen LogP contribution in [0.25, 0.3) is 0 Å². The van der Waals surface area contributed by atoms with Crippen LogP contribution >= 0.6 is 0 Å². The number of ether oxygens (including phenoxy) is 1. The van der Waals surface area contributed by atoms with Gasteiger partial charge in [0.15, 0.2) is 0 Å². The molecule has 0 aromatic rings. The Balaban J connectivity index is 2.31. The maximum atomic E-state index is 9.02. The summed E-state index contributed by atoms with van der Waals surface area (Å²) in [6.07, 6.45) is 0. The zero-order chi connectivity index (χ0) is 9.95.